The molecule has 110 valence electrons. The molecule has 3 heteroatoms. The first-order valence-electron chi connectivity index (χ1n) is 7.19. The highest BCUT2D eigenvalue weighted by molar-refractivity contribution is 5.87. The highest BCUT2D eigenvalue weighted by Gasteiger charge is 2.30. The Morgan fingerprint density at radius 2 is 1.62 bits per heavy atom. The Kier molecular flexibility index (Phi) is 4.76. The van der Waals surface area contributed by atoms with E-state index in [1.54, 1.807) is 6.92 Å². The van der Waals surface area contributed by atoms with Crippen LogP contribution >= 0.6 is 0 Å². The fourth-order valence-corrected chi connectivity index (χ4v) is 2.31. The number of carbonyl (C=O) groups excluding carboxylic acids is 1. The van der Waals surface area contributed by atoms with Crippen molar-refractivity contribution in [1.29, 1.82) is 0 Å². The van der Waals surface area contributed by atoms with Gasteiger partial charge in [-0.3, -0.25) is 4.79 Å². The Morgan fingerprint density at radius 1 is 1.10 bits per heavy atom. The van der Waals surface area contributed by atoms with Gasteiger partial charge in [0, 0.05) is 6.04 Å². The molecule has 2 unspecified atom stereocenters. The van der Waals surface area contributed by atoms with Crippen molar-refractivity contribution in [2.45, 2.75) is 31.8 Å². The minimum atomic E-state index is -1.02. The van der Waals surface area contributed by atoms with E-state index in [4.69, 9.17) is 5.73 Å². The van der Waals surface area contributed by atoms with Gasteiger partial charge in [-0.25, -0.2) is 0 Å². The average molecular weight is 282 g/mol. The van der Waals surface area contributed by atoms with Gasteiger partial charge in [-0.2, -0.15) is 0 Å². The molecule has 0 spiro atoms. The average Bonchev–Trinajstić information content (AvgIpc) is 2.49. The van der Waals surface area contributed by atoms with Crippen molar-refractivity contribution in [2.24, 2.45) is 5.73 Å². The van der Waals surface area contributed by atoms with Gasteiger partial charge in [-0.1, -0.05) is 60.7 Å². The molecule has 0 fully saturated rings. The van der Waals surface area contributed by atoms with Crippen LogP contribution in [0.5, 0.6) is 0 Å². The third kappa shape index (κ3) is 3.92. The number of nitrogens with two attached hydrogens (primary N) is 1. The third-order valence-corrected chi connectivity index (χ3v) is 3.61. The van der Waals surface area contributed by atoms with E-state index >= 15 is 0 Å². The molecule has 0 saturated carbocycles. The monoisotopic (exact) mass is 282 g/mol. The van der Waals surface area contributed by atoms with Crippen molar-refractivity contribution in [3.63, 3.8) is 0 Å². The summed E-state index contributed by atoms with van der Waals surface area (Å²) in [5, 5.41) is 3.00. The molecule has 2 atom stereocenters. The summed E-state index contributed by atoms with van der Waals surface area (Å²) in [6.07, 6.45) is 0.789. The van der Waals surface area contributed by atoms with Gasteiger partial charge < -0.3 is 11.1 Å². The molecule has 0 heterocycles. The minimum absolute atomic E-state index is 0.0338. The second-order valence-corrected chi connectivity index (χ2v) is 5.63. The SMILES string of the molecule is CC(Cc1ccccc1)NC(=O)C(C)(N)c1ccccc1. The Balaban J connectivity index is 2.00. The smallest absolute Gasteiger partial charge is 0.244 e. The molecular formula is C18H22N2O. The zero-order valence-corrected chi connectivity index (χ0v) is 12.5. The quantitative estimate of drug-likeness (QED) is 0.885. The van der Waals surface area contributed by atoms with Crippen molar-refractivity contribution >= 4 is 5.91 Å². The second-order valence-electron chi connectivity index (χ2n) is 5.63. The van der Waals surface area contributed by atoms with E-state index in [9.17, 15) is 4.79 Å². The Morgan fingerprint density at radius 3 is 2.19 bits per heavy atom. The molecule has 3 nitrogen and oxygen atoms in total. The van der Waals surface area contributed by atoms with Crippen LogP contribution in [0.15, 0.2) is 60.7 Å². The molecule has 2 aromatic carbocycles. The minimum Gasteiger partial charge on any atom is -0.351 e. The maximum absolute atomic E-state index is 12.4. The zero-order valence-electron chi connectivity index (χ0n) is 12.5. The second kappa shape index (κ2) is 6.55. The first-order chi connectivity index (χ1) is 10.00. The number of nitrogens with one attached hydrogen (secondary N) is 1. The summed E-state index contributed by atoms with van der Waals surface area (Å²) >= 11 is 0. The number of hydrogen-bond donors (Lipinski definition) is 2. The van der Waals surface area contributed by atoms with E-state index in [1.165, 1.54) is 5.56 Å². The molecule has 0 radical (unpaired) electrons. The molecule has 2 aromatic rings. The summed E-state index contributed by atoms with van der Waals surface area (Å²) in [6, 6.07) is 19.6. The van der Waals surface area contributed by atoms with Crippen LogP contribution in [0.25, 0.3) is 0 Å². The van der Waals surface area contributed by atoms with Gasteiger partial charge in [0.1, 0.15) is 5.54 Å². The van der Waals surface area contributed by atoms with Gasteiger partial charge in [0.25, 0.3) is 0 Å². The lowest BCUT2D eigenvalue weighted by atomic mass is 9.92. The van der Waals surface area contributed by atoms with Crippen LogP contribution in [0.2, 0.25) is 0 Å². The Labute approximate surface area is 126 Å². The summed E-state index contributed by atoms with van der Waals surface area (Å²) in [4.78, 5) is 12.4. The van der Waals surface area contributed by atoms with Gasteiger partial charge in [0.15, 0.2) is 0 Å². The molecule has 0 aliphatic rings. The maximum Gasteiger partial charge on any atom is 0.244 e. The van der Waals surface area contributed by atoms with E-state index < -0.39 is 5.54 Å². The number of rotatable bonds is 5. The topological polar surface area (TPSA) is 55.1 Å². The summed E-state index contributed by atoms with van der Waals surface area (Å²) in [7, 11) is 0. The van der Waals surface area contributed by atoms with Crippen LogP contribution in [0, 0.1) is 0 Å². The van der Waals surface area contributed by atoms with Crippen molar-refractivity contribution < 1.29 is 4.79 Å². The molecule has 0 saturated heterocycles. The number of amides is 1. The van der Waals surface area contributed by atoms with E-state index in [1.807, 2.05) is 55.5 Å². The van der Waals surface area contributed by atoms with Crippen LogP contribution in [-0.2, 0) is 16.8 Å². The third-order valence-electron chi connectivity index (χ3n) is 3.61. The lowest BCUT2D eigenvalue weighted by Gasteiger charge is -2.26. The van der Waals surface area contributed by atoms with Crippen molar-refractivity contribution in [1.82, 2.24) is 5.32 Å². The summed E-state index contributed by atoms with van der Waals surface area (Å²) in [5.41, 5.74) is 7.20. The van der Waals surface area contributed by atoms with E-state index in [2.05, 4.69) is 17.4 Å². The van der Waals surface area contributed by atoms with Crippen LogP contribution in [0.3, 0.4) is 0 Å². The summed E-state index contributed by atoms with van der Waals surface area (Å²) in [6.45, 7) is 3.73. The predicted molar refractivity (Wildman–Crippen MR) is 85.7 cm³/mol. The van der Waals surface area contributed by atoms with Gasteiger partial charge in [-0.15, -0.1) is 0 Å². The Hall–Kier alpha value is -2.13. The zero-order chi connectivity index (χ0) is 15.3. The molecule has 2 rings (SSSR count). The molecular weight excluding hydrogens is 260 g/mol. The first kappa shape index (κ1) is 15.3. The highest BCUT2D eigenvalue weighted by atomic mass is 16.2. The molecule has 0 bridgehead atoms. The van der Waals surface area contributed by atoms with E-state index in [0.29, 0.717) is 0 Å². The largest absolute Gasteiger partial charge is 0.351 e. The number of benzene rings is 2. The lowest BCUT2D eigenvalue weighted by molar-refractivity contribution is -0.126. The first-order valence-corrected chi connectivity index (χ1v) is 7.19. The molecule has 1 amide bonds. The van der Waals surface area contributed by atoms with Gasteiger partial charge in [-0.05, 0) is 31.4 Å². The maximum atomic E-state index is 12.4. The molecule has 0 aromatic heterocycles. The highest BCUT2D eigenvalue weighted by Crippen LogP contribution is 2.17. The lowest BCUT2D eigenvalue weighted by Crippen LogP contribution is -2.51. The summed E-state index contributed by atoms with van der Waals surface area (Å²) in [5.74, 6) is -0.155. The van der Waals surface area contributed by atoms with Crippen LogP contribution < -0.4 is 11.1 Å². The van der Waals surface area contributed by atoms with Crippen LogP contribution in [0.4, 0.5) is 0 Å². The Bertz CT molecular complexity index is 579. The number of hydrogen-bond acceptors (Lipinski definition) is 2. The predicted octanol–water partition coefficient (Wildman–Crippen LogP) is 2.61. The van der Waals surface area contributed by atoms with Crippen molar-refractivity contribution in [3.05, 3.63) is 71.8 Å². The molecule has 0 aliphatic carbocycles. The standard InChI is InChI=1S/C18H22N2O/c1-14(13-15-9-5-3-6-10-15)20-17(21)18(2,19)16-11-7-4-8-12-16/h3-12,14H,13,19H2,1-2H3,(H,20,21). The normalized spacial score (nSPS) is 15.0. The van der Waals surface area contributed by atoms with Crippen LogP contribution in [0.1, 0.15) is 25.0 Å². The molecule has 0 aliphatic heterocycles. The van der Waals surface area contributed by atoms with E-state index in [-0.39, 0.29) is 11.9 Å². The van der Waals surface area contributed by atoms with Gasteiger partial charge in [0.2, 0.25) is 5.91 Å². The molecule has 21 heavy (non-hydrogen) atoms. The van der Waals surface area contributed by atoms with Crippen LogP contribution in [-0.4, -0.2) is 11.9 Å². The van der Waals surface area contributed by atoms with E-state index in [0.717, 1.165) is 12.0 Å². The van der Waals surface area contributed by atoms with Gasteiger partial charge >= 0.3 is 0 Å². The van der Waals surface area contributed by atoms with Crippen molar-refractivity contribution in [2.75, 3.05) is 0 Å². The van der Waals surface area contributed by atoms with Gasteiger partial charge in [0.05, 0.1) is 0 Å². The van der Waals surface area contributed by atoms with Crippen molar-refractivity contribution in [3.8, 4) is 0 Å². The number of carbonyl (C=O) groups is 1. The fraction of sp³-hybridized carbons (Fsp3) is 0.278. The fourth-order valence-electron chi connectivity index (χ4n) is 2.31. The summed E-state index contributed by atoms with van der Waals surface area (Å²) < 4.78 is 0. The molecule has 3 N–H and O–H groups in total.